The number of hydrazine groups is 1. The van der Waals surface area contributed by atoms with Gasteiger partial charge >= 0.3 is 6.03 Å². The van der Waals surface area contributed by atoms with Gasteiger partial charge in [0.05, 0.1) is 6.54 Å². The Morgan fingerprint density at radius 3 is 2.64 bits per heavy atom. The summed E-state index contributed by atoms with van der Waals surface area (Å²) in [6.45, 7) is 4.11. The SMILES string of the molecule is CC1CCC2(CC1)NC(=O)N(NC(=O)CN(C)C(C)c1ccccc1Cl)C2=O. The molecular weight excluding hydrogens is 380 g/mol. The van der Waals surface area contributed by atoms with Crippen molar-refractivity contribution in [1.29, 1.82) is 0 Å². The number of nitrogens with zero attached hydrogens (tertiary/aromatic N) is 2. The Bertz CT molecular complexity index is 776. The second kappa shape index (κ2) is 8.09. The van der Waals surface area contributed by atoms with Crippen molar-refractivity contribution in [1.82, 2.24) is 20.7 Å². The van der Waals surface area contributed by atoms with Gasteiger partial charge < -0.3 is 5.32 Å². The van der Waals surface area contributed by atoms with Gasteiger partial charge in [-0.1, -0.05) is 36.7 Å². The van der Waals surface area contributed by atoms with Crippen molar-refractivity contribution in [3.05, 3.63) is 34.9 Å². The number of carbonyl (C=O) groups is 3. The second-order valence-electron chi connectivity index (χ2n) is 7.98. The zero-order valence-corrected chi connectivity index (χ0v) is 17.3. The third kappa shape index (κ3) is 4.00. The van der Waals surface area contributed by atoms with E-state index in [1.54, 1.807) is 13.1 Å². The Morgan fingerprint density at radius 1 is 1.36 bits per heavy atom. The minimum absolute atomic E-state index is 0.0213. The Morgan fingerprint density at radius 2 is 2.00 bits per heavy atom. The van der Waals surface area contributed by atoms with Gasteiger partial charge in [0, 0.05) is 11.1 Å². The number of carbonyl (C=O) groups excluding carboxylic acids is 3. The predicted octanol–water partition coefficient (Wildman–Crippen LogP) is 2.86. The van der Waals surface area contributed by atoms with Crippen LogP contribution in [0.2, 0.25) is 5.02 Å². The number of amides is 4. The molecule has 152 valence electrons. The highest BCUT2D eigenvalue weighted by Crippen LogP contribution is 2.35. The van der Waals surface area contributed by atoms with Crippen molar-refractivity contribution in [2.24, 2.45) is 5.92 Å². The molecule has 1 saturated heterocycles. The molecule has 0 aromatic heterocycles. The van der Waals surface area contributed by atoms with Crippen LogP contribution in [0.25, 0.3) is 0 Å². The second-order valence-corrected chi connectivity index (χ2v) is 8.39. The van der Waals surface area contributed by atoms with E-state index in [0.717, 1.165) is 23.4 Å². The van der Waals surface area contributed by atoms with Crippen LogP contribution in [0, 0.1) is 5.92 Å². The van der Waals surface area contributed by atoms with Crippen molar-refractivity contribution < 1.29 is 14.4 Å². The molecule has 2 aliphatic rings. The minimum atomic E-state index is -0.867. The molecule has 2 N–H and O–H groups in total. The molecule has 8 heteroatoms. The van der Waals surface area contributed by atoms with Gasteiger partial charge in [-0.25, -0.2) is 4.79 Å². The maximum atomic E-state index is 12.8. The van der Waals surface area contributed by atoms with Gasteiger partial charge in [-0.15, -0.1) is 0 Å². The lowest BCUT2D eigenvalue weighted by Crippen LogP contribution is -2.52. The molecule has 2 fully saturated rings. The molecule has 1 aromatic carbocycles. The number of urea groups is 1. The van der Waals surface area contributed by atoms with Crippen LogP contribution in [-0.4, -0.2) is 46.9 Å². The molecule has 1 unspecified atom stereocenters. The van der Waals surface area contributed by atoms with Crippen LogP contribution < -0.4 is 10.7 Å². The first-order valence-electron chi connectivity index (χ1n) is 9.64. The molecule has 1 heterocycles. The Balaban J connectivity index is 1.61. The average molecular weight is 407 g/mol. The summed E-state index contributed by atoms with van der Waals surface area (Å²) in [5.41, 5.74) is 2.51. The van der Waals surface area contributed by atoms with Crippen LogP contribution in [0.3, 0.4) is 0 Å². The van der Waals surface area contributed by atoms with E-state index < -0.39 is 17.5 Å². The molecule has 1 aliphatic carbocycles. The molecule has 1 atom stereocenters. The first kappa shape index (κ1) is 20.6. The predicted molar refractivity (Wildman–Crippen MR) is 106 cm³/mol. The van der Waals surface area contributed by atoms with Gasteiger partial charge in [-0.2, -0.15) is 5.01 Å². The summed E-state index contributed by atoms with van der Waals surface area (Å²) in [6, 6.07) is 6.79. The number of rotatable bonds is 5. The smallest absolute Gasteiger partial charge is 0.322 e. The highest BCUT2D eigenvalue weighted by molar-refractivity contribution is 6.31. The molecule has 1 saturated carbocycles. The summed E-state index contributed by atoms with van der Waals surface area (Å²) < 4.78 is 0. The van der Waals surface area contributed by atoms with Crippen molar-refractivity contribution in [2.75, 3.05) is 13.6 Å². The maximum Gasteiger partial charge on any atom is 0.344 e. The van der Waals surface area contributed by atoms with Crippen molar-refractivity contribution in [3.8, 4) is 0 Å². The number of imide groups is 1. The zero-order chi connectivity index (χ0) is 20.5. The molecule has 3 rings (SSSR count). The van der Waals surface area contributed by atoms with Gasteiger partial charge in [0.2, 0.25) is 0 Å². The van der Waals surface area contributed by atoms with E-state index in [2.05, 4.69) is 17.7 Å². The van der Waals surface area contributed by atoms with Gasteiger partial charge in [0.25, 0.3) is 11.8 Å². The summed E-state index contributed by atoms with van der Waals surface area (Å²) >= 11 is 6.24. The van der Waals surface area contributed by atoms with Gasteiger partial charge in [-0.3, -0.25) is 19.9 Å². The quantitative estimate of drug-likeness (QED) is 0.736. The first-order chi connectivity index (χ1) is 13.2. The fraction of sp³-hybridized carbons (Fsp3) is 0.550. The zero-order valence-electron chi connectivity index (χ0n) is 16.5. The van der Waals surface area contributed by atoms with E-state index in [1.165, 1.54) is 0 Å². The molecule has 1 aromatic rings. The fourth-order valence-electron chi connectivity index (χ4n) is 3.89. The largest absolute Gasteiger partial charge is 0.344 e. The summed E-state index contributed by atoms with van der Waals surface area (Å²) in [7, 11) is 1.80. The standard InChI is InChI=1S/C20H27ClN4O3/c1-13-8-10-20(11-9-13)18(27)25(19(28)22-20)23-17(26)12-24(3)14(2)15-6-4-5-7-16(15)21/h4-7,13-14H,8-12H2,1-3H3,(H,22,28)(H,23,26). The van der Waals surface area contributed by atoms with E-state index in [-0.39, 0.29) is 18.5 Å². The Hall–Kier alpha value is -2.12. The normalized spacial score (nSPS) is 25.9. The summed E-state index contributed by atoms with van der Waals surface area (Å²) in [6.07, 6.45) is 2.97. The average Bonchev–Trinajstić information content (AvgIpc) is 2.88. The molecule has 0 bridgehead atoms. The number of hydrogen-bond acceptors (Lipinski definition) is 4. The van der Waals surface area contributed by atoms with Crippen LogP contribution in [0.5, 0.6) is 0 Å². The van der Waals surface area contributed by atoms with Crippen molar-refractivity contribution in [3.63, 3.8) is 0 Å². The van der Waals surface area contributed by atoms with Crippen LogP contribution in [0.1, 0.15) is 51.1 Å². The Kier molecular flexibility index (Phi) is 5.95. The minimum Gasteiger partial charge on any atom is -0.322 e. The van der Waals surface area contributed by atoms with E-state index in [1.807, 2.05) is 30.0 Å². The topological polar surface area (TPSA) is 81.8 Å². The molecular formula is C20H27ClN4O3. The van der Waals surface area contributed by atoms with Crippen molar-refractivity contribution in [2.45, 2.75) is 51.1 Å². The molecule has 7 nitrogen and oxygen atoms in total. The summed E-state index contributed by atoms with van der Waals surface area (Å²) in [4.78, 5) is 39.4. The van der Waals surface area contributed by atoms with Gasteiger partial charge in [0.15, 0.2) is 0 Å². The van der Waals surface area contributed by atoms with E-state index in [0.29, 0.717) is 23.8 Å². The highest BCUT2D eigenvalue weighted by atomic mass is 35.5. The third-order valence-electron chi connectivity index (χ3n) is 5.94. The lowest BCUT2D eigenvalue weighted by Gasteiger charge is -2.33. The number of nitrogens with one attached hydrogen (secondary N) is 2. The molecule has 1 aliphatic heterocycles. The fourth-order valence-corrected chi connectivity index (χ4v) is 4.18. The summed E-state index contributed by atoms with van der Waals surface area (Å²) in [5, 5.41) is 4.27. The van der Waals surface area contributed by atoms with Crippen LogP contribution in [0.15, 0.2) is 24.3 Å². The first-order valence-corrected chi connectivity index (χ1v) is 10.0. The molecule has 0 radical (unpaired) electrons. The van der Waals surface area contributed by atoms with Crippen LogP contribution >= 0.6 is 11.6 Å². The van der Waals surface area contributed by atoms with Crippen molar-refractivity contribution >= 4 is 29.4 Å². The molecule has 1 spiro atoms. The summed E-state index contributed by atoms with van der Waals surface area (Å²) in [5.74, 6) is -0.246. The highest BCUT2D eigenvalue weighted by Gasteiger charge is 2.52. The molecule has 4 amide bonds. The van der Waals surface area contributed by atoms with Gasteiger partial charge in [-0.05, 0) is 57.2 Å². The van der Waals surface area contributed by atoms with Gasteiger partial charge in [0.1, 0.15) is 5.54 Å². The van der Waals surface area contributed by atoms with E-state index >= 15 is 0 Å². The van der Waals surface area contributed by atoms with E-state index in [9.17, 15) is 14.4 Å². The van der Waals surface area contributed by atoms with Crippen LogP contribution in [-0.2, 0) is 9.59 Å². The van der Waals surface area contributed by atoms with Crippen LogP contribution in [0.4, 0.5) is 4.79 Å². The lowest BCUT2D eigenvalue weighted by molar-refractivity contribution is -0.140. The third-order valence-corrected chi connectivity index (χ3v) is 6.28. The number of benzene rings is 1. The molecule has 28 heavy (non-hydrogen) atoms. The van der Waals surface area contributed by atoms with E-state index in [4.69, 9.17) is 11.6 Å². The number of halogens is 1. The Labute approximate surface area is 170 Å². The number of likely N-dealkylation sites (N-methyl/N-ethyl adjacent to an activating group) is 1. The maximum absolute atomic E-state index is 12.8. The lowest BCUT2D eigenvalue weighted by atomic mass is 9.77. The monoisotopic (exact) mass is 406 g/mol. The number of hydrogen-bond donors (Lipinski definition) is 2.